The quantitative estimate of drug-likeness (QED) is 0.787. The molecule has 0 unspecified atom stereocenters. The van der Waals surface area contributed by atoms with E-state index in [2.05, 4.69) is 10.1 Å². The van der Waals surface area contributed by atoms with Crippen molar-refractivity contribution in [1.82, 2.24) is 14.8 Å². The van der Waals surface area contributed by atoms with Gasteiger partial charge < -0.3 is 0 Å². The van der Waals surface area contributed by atoms with Crippen LogP contribution in [0.1, 0.15) is 27.3 Å². The highest BCUT2D eigenvalue weighted by molar-refractivity contribution is 5.78. The molecule has 0 spiro atoms. The number of aldehydes is 1. The smallest absolute Gasteiger partial charge is 0.298 e. The lowest BCUT2D eigenvalue weighted by molar-refractivity contribution is -0.137. The summed E-state index contributed by atoms with van der Waals surface area (Å²) in [5.41, 5.74) is 0.643. The predicted molar refractivity (Wildman–Crippen MR) is 61.2 cm³/mol. The standard InChI is InChI=1S/C12H10F3N3O/c1-7-10(6-19)8(2)18(17-7)11-4-3-9(5-16-11)12(13,14)15/h3-6H,1-2H3. The molecule has 0 fully saturated rings. The van der Waals surface area contributed by atoms with Gasteiger partial charge >= 0.3 is 6.18 Å². The molecule has 0 saturated carbocycles. The van der Waals surface area contributed by atoms with Gasteiger partial charge in [0, 0.05) is 6.20 Å². The van der Waals surface area contributed by atoms with Gasteiger partial charge in [-0.2, -0.15) is 18.3 Å². The molecule has 4 nitrogen and oxygen atoms in total. The van der Waals surface area contributed by atoms with Crippen molar-refractivity contribution in [2.75, 3.05) is 0 Å². The molecule has 0 radical (unpaired) electrons. The van der Waals surface area contributed by atoms with Gasteiger partial charge in [-0.05, 0) is 26.0 Å². The van der Waals surface area contributed by atoms with Gasteiger partial charge in [-0.25, -0.2) is 9.67 Å². The second-order valence-corrected chi connectivity index (χ2v) is 4.02. The topological polar surface area (TPSA) is 47.8 Å². The molecule has 0 saturated heterocycles. The SMILES string of the molecule is Cc1nn(-c2ccc(C(F)(F)F)cn2)c(C)c1C=O. The summed E-state index contributed by atoms with van der Waals surface area (Å²) in [6, 6.07) is 2.15. The molecule has 2 aromatic rings. The van der Waals surface area contributed by atoms with Crippen molar-refractivity contribution in [2.24, 2.45) is 0 Å². The molecular weight excluding hydrogens is 259 g/mol. The number of nitrogens with zero attached hydrogens (tertiary/aromatic N) is 3. The minimum absolute atomic E-state index is 0.238. The highest BCUT2D eigenvalue weighted by Crippen LogP contribution is 2.28. The molecule has 0 aliphatic rings. The van der Waals surface area contributed by atoms with E-state index >= 15 is 0 Å². The van der Waals surface area contributed by atoms with Crippen molar-refractivity contribution in [3.63, 3.8) is 0 Å². The maximum atomic E-state index is 12.4. The maximum absolute atomic E-state index is 12.4. The number of rotatable bonds is 2. The van der Waals surface area contributed by atoms with Crippen LogP contribution in [0, 0.1) is 13.8 Å². The van der Waals surface area contributed by atoms with Crippen LogP contribution in [-0.2, 0) is 6.18 Å². The molecule has 0 amide bonds. The monoisotopic (exact) mass is 269 g/mol. The molecule has 0 aliphatic heterocycles. The molecule has 0 bridgehead atoms. The fraction of sp³-hybridized carbons (Fsp3) is 0.250. The van der Waals surface area contributed by atoms with Gasteiger partial charge in [0.25, 0.3) is 0 Å². The number of pyridine rings is 1. The van der Waals surface area contributed by atoms with Crippen molar-refractivity contribution in [2.45, 2.75) is 20.0 Å². The fourth-order valence-electron chi connectivity index (χ4n) is 1.73. The van der Waals surface area contributed by atoms with Gasteiger partial charge in [0.05, 0.1) is 22.5 Å². The third-order valence-electron chi connectivity index (χ3n) is 2.76. The summed E-state index contributed by atoms with van der Waals surface area (Å²) in [7, 11) is 0. The first kappa shape index (κ1) is 13.3. The van der Waals surface area contributed by atoms with E-state index in [9.17, 15) is 18.0 Å². The van der Waals surface area contributed by atoms with Crippen LogP contribution in [0.15, 0.2) is 18.3 Å². The van der Waals surface area contributed by atoms with Crippen LogP contribution in [0.5, 0.6) is 0 Å². The van der Waals surface area contributed by atoms with E-state index in [1.165, 1.54) is 10.7 Å². The second-order valence-electron chi connectivity index (χ2n) is 4.02. The van der Waals surface area contributed by atoms with E-state index in [1.807, 2.05) is 0 Å². The number of carbonyl (C=O) groups is 1. The average molecular weight is 269 g/mol. The number of halogens is 3. The lowest BCUT2D eigenvalue weighted by Gasteiger charge is -2.07. The van der Waals surface area contributed by atoms with Gasteiger partial charge in [-0.1, -0.05) is 0 Å². The van der Waals surface area contributed by atoms with Crippen LogP contribution in [0.25, 0.3) is 5.82 Å². The molecular formula is C12H10F3N3O. The highest BCUT2D eigenvalue weighted by Gasteiger charge is 2.30. The predicted octanol–water partition coefficient (Wildman–Crippen LogP) is 2.72. The Morgan fingerprint density at radius 3 is 2.37 bits per heavy atom. The highest BCUT2D eigenvalue weighted by atomic mass is 19.4. The number of hydrogen-bond donors (Lipinski definition) is 0. The van der Waals surface area contributed by atoms with E-state index in [-0.39, 0.29) is 5.82 Å². The normalized spacial score (nSPS) is 11.6. The van der Waals surface area contributed by atoms with E-state index < -0.39 is 11.7 Å². The van der Waals surface area contributed by atoms with Crippen molar-refractivity contribution in [3.05, 3.63) is 40.8 Å². The third kappa shape index (κ3) is 2.35. The summed E-state index contributed by atoms with van der Waals surface area (Å²) >= 11 is 0. The lowest BCUT2D eigenvalue weighted by Crippen LogP contribution is -2.08. The first-order valence-electron chi connectivity index (χ1n) is 5.39. The van der Waals surface area contributed by atoms with Gasteiger partial charge in [0.15, 0.2) is 12.1 Å². The summed E-state index contributed by atoms with van der Waals surface area (Å²) in [6.45, 7) is 3.31. The first-order valence-corrected chi connectivity index (χ1v) is 5.39. The van der Waals surface area contributed by atoms with Gasteiger partial charge in [-0.15, -0.1) is 0 Å². The number of aryl methyl sites for hydroxylation is 1. The van der Waals surface area contributed by atoms with Crippen LogP contribution in [-0.4, -0.2) is 21.1 Å². The Kier molecular flexibility index (Phi) is 3.13. The number of hydrogen-bond acceptors (Lipinski definition) is 3. The van der Waals surface area contributed by atoms with Crippen LogP contribution in [0.3, 0.4) is 0 Å². The molecule has 7 heteroatoms. The summed E-state index contributed by atoms with van der Waals surface area (Å²) in [6.07, 6.45) is -3.01. The minimum atomic E-state index is -4.42. The molecule has 0 atom stereocenters. The molecule has 0 aromatic carbocycles. The Balaban J connectivity index is 2.46. The van der Waals surface area contributed by atoms with Gasteiger partial charge in [-0.3, -0.25) is 4.79 Å². The zero-order valence-corrected chi connectivity index (χ0v) is 10.2. The molecule has 2 aromatic heterocycles. The summed E-state index contributed by atoms with van der Waals surface area (Å²) in [5, 5.41) is 4.08. The van der Waals surface area contributed by atoms with Crippen molar-refractivity contribution >= 4 is 6.29 Å². The Morgan fingerprint density at radius 2 is 1.95 bits per heavy atom. The Bertz CT molecular complexity index is 614. The fourth-order valence-corrected chi connectivity index (χ4v) is 1.73. The number of aromatic nitrogens is 3. The van der Waals surface area contributed by atoms with Crippen molar-refractivity contribution < 1.29 is 18.0 Å². The van der Waals surface area contributed by atoms with Crippen LogP contribution >= 0.6 is 0 Å². The van der Waals surface area contributed by atoms with Crippen LogP contribution in [0.2, 0.25) is 0 Å². The first-order chi connectivity index (χ1) is 8.84. The Labute approximate surface area is 106 Å². The van der Waals surface area contributed by atoms with E-state index in [4.69, 9.17) is 0 Å². The number of carbonyl (C=O) groups excluding carboxylic acids is 1. The molecule has 19 heavy (non-hydrogen) atoms. The molecule has 0 N–H and O–H groups in total. The molecule has 0 aliphatic carbocycles. The minimum Gasteiger partial charge on any atom is -0.298 e. The Morgan fingerprint density at radius 1 is 1.26 bits per heavy atom. The number of alkyl halides is 3. The van der Waals surface area contributed by atoms with Gasteiger partial charge in [0.2, 0.25) is 0 Å². The Hall–Kier alpha value is -2.18. The summed E-state index contributed by atoms with van der Waals surface area (Å²) < 4.78 is 38.6. The maximum Gasteiger partial charge on any atom is 0.417 e. The van der Waals surface area contributed by atoms with Crippen LogP contribution in [0.4, 0.5) is 13.2 Å². The zero-order valence-electron chi connectivity index (χ0n) is 10.2. The average Bonchev–Trinajstić information content (AvgIpc) is 2.63. The van der Waals surface area contributed by atoms with Gasteiger partial charge in [0.1, 0.15) is 0 Å². The molecule has 2 heterocycles. The summed E-state index contributed by atoms with van der Waals surface area (Å²) in [4.78, 5) is 14.6. The third-order valence-corrected chi connectivity index (χ3v) is 2.76. The summed E-state index contributed by atoms with van der Waals surface area (Å²) in [5.74, 6) is 0.238. The van der Waals surface area contributed by atoms with E-state index in [1.54, 1.807) is 13.8 Å². The molecule has 100 valence electrons. The van der Waals surface area contributed by atoms with Crippen molar-refractivity contribution in [1.29, 1.82) is 0 Å². The lowest BCUT2D eigenvalue weighted by atomic mass is 10.2. The van der Waals surface area contributed by atoms with E-state index in [0.29, 0.717) is 23.2 Å². The largest absolute Gasteiger partial charge is 0.417 e. The van der Waals surface area contributed by atoms with Crippen molar-refractivity contribution in [3.8, 4) is 5.82 Å². The van der Waals surface area contributed by atoms with Crippen LogP contribution < -0.4 is 0 Å². The zero-order chi connectivity index (χ0) is 14.2. The molecule has 2 rings (SSSR count). The van der Waals surface area contributed by atoms with E-state index in [0.717, 1.165) is 12.3 Å². The second kappa shape index (κ2) is 4.49.